The molecule has 110 valence electrons. The largest absolute Gasteiger partial charge is 0.480 e. The molecular weight excluding hydrogens is 282 g/mol. The molecular formula is C12H17N3O4S. The number of nitrogens with zero attached hydrogens (tertiary/aromatic N) is 1. The molecule has 0 saturated carbocycles. The van der Waals surface area contributed by atoms with E-state index in [1.165, 1.54) is 0 Å². The molecule has 8 heteroatoms. The van der Waals surface area contributed by atoms with E-state index in [0.29, 0.717) is 5.69 Å². The summed E-state index contributed by atoms with van der Waals surface area (Å²) in [6.07, 6.45) is 1.69. The van der Waals surface area contributed by atoms with Crippen molar-refractivity contribution in [2.24, 2.45) is 5.92 Å². The number of aromatic nitrogens is 2. The lowest BCUT2D eigenvalue weighted by atomic mass is 10.0. The normalized spacial score (nSPS) is 12.2. The third kappa shape index (κ3) is 3.60. The first kappa shape index (κ1) is 16.2. The molecule has 0 aromatic carbocycles. The second kappa shape index (κ2) is 6.56. The minimum Gasteiger partial charge on any atom is -0.480 e. The van der Waals surface area contributed by atoms with Gasteiger partial charge in [-0.2, -0.15) is 4.98 Å². The first-order chi connectivity index (χ1) is 9.27. The average molecular weight is 299 g/mol. The molecule has 0 spiro atoms. The molecule has 0 aliphatic heterocycles. The summed E-state index contributed by atoms with van der Waals surface area (Å²) < 4.78 is 0. The van der Waals surface area contributed by atoms with Crippen LogP contribution >= 0.6 is 11.8 Å². The van der Waals surface area contributed by atoms with Gasteiger partial charge in [-0.25, -0.2) is 9.59 Å². The third-order valence-corrected chi connectivity index (χ3v) is 3.41. The van der Waals surface area contributed by atoms with Crippen LogP contribution in [0.2, 0.25) is 0 Å². The van der Waals surface area contributed by atoms with Gasteiger partial charge in [0.2, 0.25) is 0 Å². The van der Waals surface area contributed by atoms with Gasteiger partial charge in [0.15, 0.2) is 0 Å². The highest BCUT2D eigenvalue weighted by Crippen LogP contribution is 2.18. The topological polar surface area (TPSA) is 112 Å². The fourth-order valence-corrected chi connectivity index (χ4v) is 2.33. The number of aryl methyl sites for hydroxylation is 1. The molecule has 0 fully saturated rings. The van der Waals surface area contributed by atoms with E-state index in [2.05, 4.69) is 15.3 Å². The molecule has 20 heavy (non-hydrogen) atoms. The molecule has 7 nitrogen and oxygen atoms in total. The zero-order valence-corrected chi connectivity index (χ0v) is 12.5. The predicted octanol–water partition coefficient (Wildman–Crippen LogP) is 0.639. The van der Waals surface area contributed by atoms with Crippen LogP contribution in [0.25, 0.3) is 0 Å². The van der Waals surface area contributed by atoms with Crippen molar-refractivity contribution in [3.63, 3.8) is 0 Å². The fourth-order valence-electron chi connectivity index (χ4n) is 1.70. The summed E-state index contributed by atoms with van der Waals surface area (Å²) in [7, 11) is 0. The molecule has 0 radical (unpaired) electrons. The third-order valence-electron chi connectivity index (χ3n) is 2.73. The smallest absolute Gasteiger partial charge is 0.346 e. The summed E-state index contributed by atoms with van der Waals surface area (Å²) in [6, 6.07) is -0.997. The van der Waals surface area contributed by atoms with Crippen molar-refractivity contribution in [1.29, 1.82) is 0 Å². The maximum Gasteiger partial charge on any atom is 0.346 e. The number of hydrogen-bond acceptors (Lipinski definition) is 5. The van der Waals surface area contributed by atoms with Crippen molar-refractivity contribution in [2.75, 3.05) is 6.26 Å². The van der Waals surface area contributed by atoms with Gasteiger partial charge in [0.1, 0.15) is 11.1 Å². The van der Waals surface area contributed by atoms with Crippen molar-refractivity contribution in [3.8, 4) is 0 Å². The second-order valence-electron chi connectivity index (χ2n) is 4.58. The van der Waals surface area contributed by atoms with Gasteiger partial charge in [-0.05, 0) is 19.1 Å². The second-order valence-corrected chi connectivity index (χ2v) is 5.38. The minimum atomic E-state index is -1.10. The number of thioether (sulfide) groups is 1. The van der Waals surface area contributed by atoms with E-state index in [1.807, 2.05) is 0 Å². The Balaban J connectivity index is 3.15. The standard InChI is InChI=1S/C12H17N3O4S/c1-5(2)8(11(17)18)14-9(16)7-6(3)13-12(19)15-10(7)20-4/h5,8H,1-4H3,(H,14,16)(H,17,18)(H,13,15,19)/t8-/m1/s1. The van der Waals surface area contributed by atoms with Gasteiger partial charge in [-0.3, -0.25) is 4.79 Å². The van der Waals surface area contributed by atoms with Gasteiger partial charge >= 0.3 is 11.7 Å². The minimum absolute atomic E-state index is 0.198. The van der Waals surface area contributed by atoms with Gasteiger partial charge in [-0.1, -0.05) is 13.8 Å². The highest BCUT2D eigenvalue weighted by atomic mass is 32.2. The van der Waals surface area contributed by atoms with Crippen LogP contribution in [0.15, 0.2) is 9.82 Å². The number of aliphatic carboxylic acids is 1. The lowest BCUT2D eigenvalue weighted by Gasteiger charge is -2.19. The Morgan fingerprint density at radius 1 is 1.40 bits per heavy atom. The fraction of sp³-hybridized carbons (Fsp3) is 0.500. The van der Waals surface area contributed by atoms with Gasteiger partial charge in [0.25, 0.3) is 5.91 Å². The van der Waals surface area contributed by atoms with Crippen LogP contribution in [0.5, 0.6) is 0 Å². The predicted molar refractivity (Wildman–Crippen MR) is 75.1 cm³/mol. The van der Waals surface area contributed by atoms with E-state index < -0.39 is 23.6 Å². The van der Waals surface area contributed by atoms with Gasteiger partial charge in [0, 0.05) is 5.69 Å². The van der Waals surface area contributed by atoms with Crippen molar-refractivity contribution in [1.82, 2.24) is 15.3 Å². The summed E-state index contributed by atoms with van der Waals surface area (Å²) in [5, 5.41) is 11.8. The number of amides is 1. The molecule has 0 unspecified atom stereocenters. The van der Waals surface area contributed by atoms with Crippen molar-refractivity contribution >= 4 is 23.6 Å². The summed E-state index contributed by atoms with van der Waals surface area (Å²) in [5.41, 5.74) is 0.0192. The summed E-state index contributed by atoms with van der Waals surface area (Å²) in [4.78, 5) is 40.8. The lowest BCUT2D eigenvalue weighted by Crippen LogP contribution is -2.45. The number of carboxylic acid groups (broad SMARTS) is 1. The summed E-state index contributed by atoms with van der Waals surface area (Å²) in [5.74, 6) is -1.92. The van der Waals surface area contributed by atoms with E-state index in [4.69, 9.17) is 5.11 Å². The number of carbonyl (C=O) groups is 2. The zero-order valence-electron chi connectivity index (χ0n) is 11.7. The van der Waals surface area contributed by atoms with Gasteiger partial charge in [-0.15, -0.1) is 11.8 Å². The van der Waals surface area contributed by atoms with Crippen LogP contribution < -0.4 is 11.0 Å². The molecule has 0 aliphatic rings. The maximum atomic E-state index is 12.2. The van der Waals surface area contributed by atoms with E-state index in [0.717, 1.165) is 11.8 Å². The monoisotopic (exact) mass is 299 g/mol. The number of aromatic amines is 1. The quantitative estimate of drug-likeness (QED) is 0.543. The maximum absolute atomic E-state index is 12.2. The van der Waals surface area contributed by atoms with Gasteiger partial charge < -0.3 is 15.4 Å². The van der Waals surface area contributed by atoms with Crippen molar-refractivity contribution < 1.29 is 14.7 Å². The van der Waals surface area contributed by atoms with E-state index in [-0.39, 0.29) is 16.5 Å². The Hall–Kier alpha value is -1.83. The molecule has 0 aliphatic carbocycles. The first-order valence-electron chi connectivity index (χ1n) is 5.96. The summed E-state index contributed by atoms with van der Waals surface area (Å²) in [6.45, 7) is 4.97. The highest BCUT2D eigenvalue weighted by molar-refractivity contribution is 7.98. The van der Waals surface area contributed by atoms with Crippen LogP contribution in [0, 0.1) is 12.8 Å². The number of carbonyl (C=O) groups excluding carboxylic acids is 1. The SMILES string of the molecule is CSc1nc(=O)[nH]c(C)c1C(=O)N[C@@H](C(=O)O)C(C)C. The van der Waals surface area contributed by atoms with Gasteiger partial charge in [0.05, 0.1) is 5.56 Å². The van der Waals surface area contributed by atoms with Crippen LogP contribution in [0.4, 0.5) is 0 Å². The van der Waals surface area contributed by atoms with E-state index >= 15 is 0 Å². The molecule has 0 bridgehead atoms. The number of rotatable bonds is 5. The molecule has 1 aromatic heterocycles. The molecule has 1 atom stereocenters. The highest BCUT2D eigenvalue weighted by Gasteiger charge is 2.26. The first-order valence-corrected chi connectivity index (χ1v) is 7.19. The van der Waals surface area contributed by atoms with Crippen LogP contribution in [0.3, 0.4) is 0 Å². The number of nitrogens with one attached hydrogen (secondary N) is 2. The van der Waals surface area contributed by atoms with E-state index in [9.17, 15) is 14.4 Å². The Morgan fingerprint density at radius 3 is 2.45 bits per heavy atom. The Labute approximate surface area is 120 Å². The molecule has 3 N–H and O–H groups in total. The number of H-pyrrole nitrogens is 1. The van der Waals surface area contributed by atoms with Crippen LogP contribution in [0.1, 0.15) is 29.9 Å². The number of hydrogen-bond donors (Lipinski definition) is 3. The Morgan fingerprint density at radius 2 is 2.00 bits per heavy atom. The van der Waals surface area contributed by atoms with Crippen molar-refractivity contribution in [3.05, 3.63) is 21.7 Å². The van der Waals surface area contributed by atoms with Crippen LogP contribution in [-0.4, -0.2) is 39.2 Å². The molecule has 0 saturated heterocycles. The lowest BCUT2D eigenvalue weighted by molar-refractivity contribution is -0.140. The van der Waals surface area contributed by atoms with Crippen LogP contribution in [-0.2, 0) is 4.79 Å². The Bertz CT molecular complexity index is 583. The molecule has 1 aromatic rings. The Kier molecular flexibility index (Phi) is 5.32. The number of carboxylic acids is 1. The van der Waals surface area contributed by atoms with E-state index in [1.54, 1.807) is 27.0 Å². The molecule has 1 heterocycles. The average Bonchev–Trinajstić information content (AvgIpc) is 2.33. The zero-order chi connectivity index (χ0) is 15.4. The van der Waals surface area contributed by atoms with Crippen molar-refractivity contribution in [2.45, 2.75) is 31.8 Å². The summed E-state index contributed by atoms with van der Waals surface area (Å²) >= 11 is 1.16. The molecule has 1 amide bonds. The molecule has 1 rings (SSSR count).